The lowest BCUT2D eigenvalue weighted by Crippen LogP contribution is -2.38. The lowest BCUT2D eigenvalue weighted by atomic mass is 10.2. The van der Waals surface area contributed by atoms with Crippen molar-refractivity contribution in [2.75, 3.05) is 6.61 Å². The summed E-state index contributed by atoms with van der Waals surface area (Å²) in [6, 6.07) is 14.7. The Morgan fingerprint density at radius 2 is 1.87 bits per heavy atom. The summed E-state index contributed by atoms with van der Waals surface area (Å²) in [6.07, 6.45) is 4.93. The Hall–Kier alpha value is -3.52. The monoisotopic (exact) mass is 435 g/mol. The van der Waals surface area contributed by atoms with Gasteiger partial charge in [0.05, 0.1) is 18.5 Å². The molecule has 0 amide bonds. The molecular formula is C23H21N3O4S. The summed E-state index contributed by atoms with van der Waals surface area (Å²) in [5.74, 6) is -0.492. The predicted molar refractivity (Wildman–Crippen MR) is 120 cm³/mol. The molecular weight excluding hydrogens is 414 g/mol. The Balaban J connectivity index is 1.52. The second-order valence-corrected chi connectivity index (χ2v) is 8.18. The van der Waals surface area contributed by atoms with Gasteiger partial charge in [0.1, 0.15) is 9.71 Å². The first kappa shape index (κ1) is 20.7. The zero-order chi connectivity index (χ0) is 21.8. The van der Waals surface area contributed by atoms with E-state index < -0.39 is 17.2 Å². The molecule has 8 heteroatoms. The average molecular weight is 436 g/mol. The molecule has 3 aromatic heterocycles. The Morgan fingerprint density at radius 1 is 1.10 bits per heavy atom. The Kier molecular flexibility index (Phi) is 6.08. The van der Waals surface area contributed by atoms with Crippen LogP contribution < -0.4 is 11.2 Å². The van der Waals surface area contributed by atoms with Crippen molar-refractivity contribution in [1.82, 2.24) is 14.1 Å². The predicted octanol–water partition coefficient (Wildman–Crippen LogP) is 2.99. The Morgan fingerprint density at radius 3 is 2.61 bits per heavy atom. The standard InChI is InChI=1S/C23H21N3O4S/c1-25-21-18(20(27)26(23(25)29)15-17-7-3-2-4-8-17)13-19(31-21)22(28)30-12-6-10-16-9-5-11-24-14-16/h2-5,7-9,11,13-14H,6,10,12,15H2,1H3. The number of ether oxygens (including phenoxy) is 1. The molecule has 0 aliphatic heterocycles. The van der Waals surface area contributed by atoms with Gasteiger partial charge in [0.25, 0.3) is 5.56 Å². The lowest BCUT2D eigenvalue weighted by Gasteiger charge is -2.08. The third kappa shape index (κ3) is 4.49. The van der Waals surface area contributed by atoms with Crippen LogP contribution in [0.2, 0.25) is 0 Å². The van der Waals surface area contributed by atoms with Crippen LogP contribution in [-0.4, -0.2) is 26.7 Å². The van der Waals surface area contributed by atoms with E-state index in [2.05, 4.69) is 4.98 Å². The van der Waals surface area contributed by atoms with Gasteiger partial charge in [0.15, 0.2) is 0 Å². The van der Waals surface area contributed by atoms with E-state index in [9.17, 15) is 14.4 Å². The van der Waals surface area contributed by atoms with E-state index in [4.69, 9.17) is 4.74 Å². The highest BCUT2D eigenvalue weighted by molar-refractivity contribution is 7.20. The van der Waals surface area contributed by atoms with Gasteiger partial charge in [-0.3, -0.25) is 18.9 Å². The number of pyridine rings is 1. The van der Waals surface area contributed by atoms with E-state index in [0.717, 1.165) is 28.9 Å². The van der Waals surface area contributed by atoms with Gasteiger partial charge in [0.2, 0.25) is 0 Å². The molecule has 0 fully saturated rings. The maximum absolute atomic E-state index is 13.0. The summed E-state index contributed by atoms with van der Waals surface area (Å²) < 4.78 is 7.96. The van der Waals surface area contributed by atoms with Crippen LogP contribution in [0.4, 0.5) is 0 Å². The van der Waals surface area contributed by atoms with E-state index in [1.54, 1.807) is 19.4 Å². The van der Waals surface area contributed by atoms with Gasteiger partial charge in [-0.2, -0.15) is 0 Å². The number of aromatic nitrogens is 3. The third-order valence-electron chi connectivity index (χ3n) is 4.96. The SMILES string of the molecule is Cn1c(=O)n(Cc2ccccc2)c(=O)c2cc(C(=O)OCCCc3cccnc3)sc21. The number of fused-ring (bicyclic) bond motifs is 1. The van der Waals surface area contributed by atoms with E-state index >= 15 is 0 Å². The number of thiophene rings is 1. The van der Waals surface area contributed by atoms with Crippen molar-refractivity contribution in [3.8, 4) is 0 Å². The fourth-order valence-corrected chi connectivity index (χ4v) is 4.35. The smallest absolute Gasteiger partial charge is 0.348 e. The number of carbonyl (C=O) groups is 1. The first-order chi connectivity index (χ1) is 15.0. The molecule has 0 atom stereocenters. The van der Waals surface area contributed by atoms with Crippen LogP contribution in [0.5, 0.6) is 0 Å². The van der Waals surface area contributed by atoms with E-state index in [-0.39, 0.29) is 13.2 Å². The molecule has 3 heterocycles. The van der Waals surface area contributed by atoms with Gasteiger partial charge in [-0.05, 0) is 36.1 Å². The normalized spacial score (nSPS) is 11.0. The van der Waals surface area contributed by atoms with Crippen LogP contribution in [0, 0.1) is 0 Å². The molecule has 0 bridgehead atoms. The maximum Gasteiger partial charge on any atom is 0.348 e. The number of esters is 1. The number of nitrogens with zero attached hydrogens (tertiary/aromatic N) is 3. The second kappa shape index (κ2) is 9.09. The zero-order valence-electron chi connectivity index (χ0n) is 17.0. The average Bonchev–Trinajstić information content (AvgIpc) is 3.25. The van der Waals surface area contributed by atoms with Crippen molar-refractivity contribution in [3.05, 3.63) is 97.8 Å². The first-order valence-corrected chi connectivity index (χ1v) is 10.7. The van der Waals surface area contributed by atoms with Crippen LogP contribution >= 0.6 is 11.3 Å². The molecule has 0 saturated carbocycles. The molecule has 0 saturated heterocycles. The summed E-state index contributed by atoms with van der Waals surface area (Å²) in [5.41, 5.74) is 1.10. The summed E-state index contributed by atoms with van der Waals surface area (Å²) in [4.78, 5) is 43.0. The number of aryl methyl sites for hydroxylation is 2. The van der Waals surface area contributed by atoms with Crippen LogP contribution in [-0.2, 0) is 24.8 Å². The molecule has 7 nitrogen and oxygen atoms in total. The van der Waals surface area contributed by atoms with Gasteiger partial charge < -0.3 is 4.74 Å². The van der Waals surface area contributed by atoms with Gasteiger partial charge in [-0.15, -0.1) is 11.3 Å². The third-order valence-corrected chi connectivity index (χ3v) is 6.15. The van der Waals surface area contributed by atoms with Gasteiger partial charge >= 0.3 is 11.7 Å². The second-order valence-electron chi connectivity index (χ2n) is 7.15. The molecule has 0 N–H and O–H groups in total. The van der Waals surface area contributed by atoms with Crippen LogP contribution in [0.15, 0.2) is 70.5 Å². The van der Waals surface area contributed by atoms with Crippen molar-refractivity contribution < 1.29 is 9.53 Å². The van der Waals surface area contributed by atoms with Crippen LogP contribution in [0.3, 0.4) is 0 Å². The number of rotatable bonds is 7. The van der Waals surface area contributed by atoms with Crippen molar-refractivity contribution >= 4 is 27.5 Å². The van der Waals surface area contributed by atoms with Crippen molar-refractivity contribution in [3.63, 3.8) is 0 Å². The molecule has 0 radical (unpaired) electrons. The van der Waals surface area contributed by atoms with Crippen LogP contribution in [0.25, 0.3) is 10.2 Å². The highest BCUT2D eigenvalue weighted by Crippen LogP contribution is 2.22. The topological polar surface area (TPSA) is 83.2 Å². The Labute approximate surface area is 182 Å². The summed E-state index contributed by atoms with van der Waals surface area (Å²) in [5, 5.41) is 0.338. The number of hydrogen-bond acceptors (Lipinski definition) is 6. The molecule has 4 rings (SSSR count). The van der Waals surface area contributed by atoms with Crippen molar-refractivity contribution in [2.24, 2.45) is 7.05 Å². The number of carbonyl (C=O) groups excluding carboxylic acids is 1. The molecule has 0 aliphatic rings. The number of benzene rings is 1. The minimum atomic E-state index is -0.492. The minimum Gasteiger partial charge on any atom is -0.461 e. The Bertz CT molecular complexity index is 1320. The van der Waals surface area contributed by atoms with E-state index in [0.29, 0.717) is 21.5 Å². The largest absolute Gasteiger partial charge is 0.461 e. The van der Waals surface area contributed by atoms with Crippen LogP contribution in [0.1, 0.15) is 27.2 Å². The molecule has 1 aromatic carbocycles. The molecule has 0 spiro atoms. The first-order valence-electron chi connectivity index (χ1n) is 9.88. The van der Waals surface area contributed by atoms with Gasteiger partial charge in [0, 0.05) is 19.4 Å². The highest BCUT2D eigenvalue weighted by atomic mass is 32.1. The molecule has 31 heavy (non-hydrogen) atoms. The van der Waals surface area contributed by atoms with Crippen molar-refractivity contribution in [1.29, 1.82) is 0 Å². The molecule has 0 unspecified atom stereocenters. The highest BCUT2D eigenvalue weighted by Gasteiger charge is 2.18. The van der Waals surface area contributed by atoms with E-state index in [1.807, 2.05) is 42.5 Å². The fourth-order valence-electron chi connectivity index (χ4n) is 3.35. The van der Waals surface area contributed by atoms with Gasteiger partial charge in [-0.25, -0.2) is 9.59 Å². The minimum absolute atomic E-state index is 0.173. The summed E-state index contributed by atoms with van der Waals surface area (Å²) >= 11 is 1.09. The van der Waals surface area contributed by atoms with E-state index in [1.165, 1.54) is 15.2 Å². The van der Waals surface area contributed by atoms with Crippen molar-refractivity contribution in [2.45, 2.75) is 19.4 Å². The number of hydrogen-bond donors (Lipinski definition) is 0. The quantitative estimate of drug-likeness (QED) is 0.329. The summed E-state index contributed by atoms with van der Waals surface area (Å²) in [7, 11) is 1.60. The molecule has 158 valence electrons. The lowest BCUT2D eigenvalue weighted by molar-refractivity contribution is 0.0506. The maximum atomic E-state index is 13.0. The fraction of sp³-hybridized carbons (Fsp3) is 0.217. The molecule has 4 aromatic rings. The summed E-state index contributed by atoms with van der Waals surface area (Å²) in [6.45, 7) is 0.436. The van der Waals surface area contributed by atoms with Gasteiger partial charge in [-0.1, -0.05) is 36.4 Å². The molecule has 0 aliphatic carbocycles. The zero-order valence-corrected chi connectivity index (χ0v) is 17.8.